The van der Waals surface area contributed by atoms with E-state index in [-0.39, 0.29) is 5.03 Å². The third-order valence-corrected chi connectivity index (χ3v) is 2.00. The normalized spacial score (nSPS) is 11.1. The molecule has 1 aromatic rings. The first-order valence-corrected chi connectivity index (χ1v) is 4.34. The molecule has 0 saturated carbocycles. The second-order valence-electron chi connectivity index (χ2n) is 2.66. The molecule has 0 spiro atoms. The smallest absolute Gasteiger partial charge is 0.329 e. The van der Waals surface area contributed by atoms with Crippen molar-refractivity contribution >= 4 is 28.7 Å². The summed E-state index contributed by atoms with van der Waals surface area (Å²) in [6, 6.07) is 7.14. The van der Waals surface area contributed by atoms with Crippen molar-refractivity contribution in [1.82, 2.24) is 0 Å². The number of aliphatic carboxylic acids is 1. The quantitative estimate of drug-likeness (QED) is 0.776. The summed E-state index contributed by atoms with van der Waals surface area (Å²) in [5, 5.41) is 8.68. The van der Waals surface area contributed by atoms with E-state index in [1.165, 1.54) is 0 Å². The summed E-state index contributed by atoms with van der Waals surface area (Å²) in [6.07, 6.45) is 2.67. The number of hydrogen-bond acceptors (Lipinski definition) is 1. The number of carboxylic acids is 1. The Bertz CT molecular complexity index is 377. The molecule has 0 aromatic heterocycles. The van der Waals surface area contributed by atoms with Gasteiger partial charge in [-0.2, -0.15) is 0 Å². The largest absolute Gasteiger partial charge is 0.478 e. The topological polar surface area (TPSA) is 37.3 Å². The molecule has 0 aliphatic rings. The lowest BCUT2D eigenvalue weighted by molar-refractivity contribution is -0.131. The van der Waals surface area contributed by atoms with E-state index in [4.69, 9.17) is 16.7 Å². The maximum atomic E-state index is 10.3. The predicted molar refractivity (Wildman–Crippen MR) is 58.0 cm³/mol. The van der Waals surface area contributed by atoms with E-state index < -0.39 is 5.97 Å². The average Bonchev–Trinajstić information content (AvgIpc) is 2.17. The molecule has 0 fully saturated rings. The minimum absolute atomic E-state index is 0.216. The monoisotopic (exact) mass is 208 g/mol. The maximum absolute atomic E-state index is 10.3. The lowest BCUT2D eigenvalue weighted by atomic mass is 10.1. The van der Waals surface area contributed by atoms with E-state index in [1.54, 1.807) is 18.2 Å². The number of halogens is 1. The van der Waals surface area contributed by atoms with Gasteiger partial charge >= 0.3 is 5.97 Å². The molecule has 0 heterocycles. The number of carbonyl (C=O) groups is 1. The van der Waals surface area contributed by atoms with Gasteiger partial charge in [0.05, 0.1) is 5.03 Å². The minimum Gasteiger partial charge on any atom is -0.478 e. The first kappa shape index (κ1) is 10.5. The van der Waals surface area contributed by atoms with Crippen molar-refractivity contribution in [3.8, 4) is 0 Å². The molecule has 1 rings (SSSR count). The van der Waals surface area contributed by atoms with Gasteiger partial charge in [0.1, 0.15) is 0 Å². The fourth-order valence-corrected chi connectivity index (χ4v) is 1.19. The van der Waals surface area contributed by atoms with E-state index in [2.05, 4.69) is 6.58 Å². The van der Waals surface area contributed by atoms with E-state index in [0.717, 1.165) is 11.6 Å². The Balaban J connectivity index is 2.97. The number of carboxylic acid groups (broad SMARTS) is 1. The van der Waals surface area contributed by atoms with Crippen LogP contribution >= 0.6 is 11.6 Å². The number of rotatable bonds is 3. The SMILES string of the molecule is C=Cc1ccc(C(Cl)=CC(=O)O)cc1. The Morgan fingerprint density at radius 3 is 2.36 bits per heavy atom. The molecule has 0 radical (unpaired) electrons. The first-order valence-electron chi connectivity index (χ1n) is 3.96. The molecular formula is C11H9ClO2. The van der Waals surface area contributed by atoms with Crippen LogP contribution in [0.4, 0.5) is 0 Å². The van der Waals surface area contributed by atoms with Gasteiger partial charge in [-0.15, -0.1) is 0 Å². The highest BCUT2D eigenvalue weighted by Gasteiger charge is 1.99. The van der Waals surface area contributed by atoms with E-state index in [9.17, 15) is 4.79 Å². The summed E-state index contributed by atoms with van der Waals surface area (Å²) in [5.41, 5.74) is 1.65. The zero-order valence-corrected chi connectivity index (χ0v) is 8.16. The molecule has 0 bridgehead atoms. The lowest BCUT2D eigenvalue weighted by Crippen LogP contribution is -1.88. The van der Waals surface area contributed by atoms with Crippen molar-refractivity contribution in [3.63, 3.8) is 0 Å². The Morgan fingerprint density at radius 1 is 1.36 bits per heavy atom. The van der Waals surface area contributed by atoms with Gasteiger partial charge in [0.2, 0.25) is 0 Å². The summed E-state index contributed by atoms with van der Waals surface area (Å²) in [6.45, 7) is 3.61. The fourth-order valence-electron chi connectivity index (χ4n) is 0.970. The van der Waals surface area contributed by atoms with Crippen molar-refractivity contribution in [3.05, 3.63) is 48.0 Å². The van der Waals surface area contributed by atoms with Crippen LogP contribution in [0.2, 0.25) is 0 Å². The van der Waals surface area contributed by atoms with E-state index in [0.29, 0.717) is 5.56 Å². The van der Waals surface area contributed by atoms with Crippen molar-refractivity contribution < 1.29 is 9.90 Å². The Morgan fingerprint density at radius 2 is 1.93 bits per heavy atom. The molecular weight excluding hydrogens is 200 g/mol. The molecule has 14 heavy (non-hydrogen) atoms. The van der Waals surface area contributed by atoms with Gasteiger partial charge in [-0.25, -0.2) is 4.79 Å². The van der Waals surface area contributed by atoms with Crippen molar-refractivity contribution in [2.75, 3.05) is 0 Å². The molecule has 1 N–H and O–H groups in total. The molecule has 72 valence electrons. The van der Waals surface area contributed by atoms with Crippen LogP contribution in [0.25, 0.3) is 11.1 Å². The van der Waals surface area contributed by atoms with Crippen LogP contribution in [0.5, 0.6) is 0 Å². The van der Waals surface area contributed by atoms with Crippen molar-refractivity contribution in [2.45, 2.75) is 0 Å². The van der Waals surface area contributed by atoms with Crippen LogP contribution in [0.3, 0.4) is 0 Å². The molecule has 2 nitrogen and oxygen atoms in total. The highest BCUT2D eigenvalue weighted by atomic mass is 35.5. The highest BCUT2D eigenvalue weighted by molar-refractivity contribution is 6.50. The molecule has 0 saturated heterocycles. The highest BCUT2D eigenvalue weighted by Crippen LogP contribution is 2.19. The van der Waals surface area contributed by atoms with Crippen LogP contribution in [0, 0.1) is 0 Å². The summed E-state index contributed by atoms with van der Waals surface area (Å²) in [4.78, 5) is 10.3. The second-order valence-corrected chi connectivity index (χ2v) is 3.06. The first-order chi connectivity index (χ1) is 6.63. The molecule has 0 aliphatic carbocycles. The summed E-state index contributed by atoms with van der Waals surface area (Å²) < 4.78 is 0. The van der Waals surface area contributed by atoms with E-state index in [1.807, 2.05) is 12.1 Å². The standard InChI is InChI=1S/C11H9ClO2/c1-2-8-3-5-9(6-4-8)10(12)7-11(13)14/h2-7H,1H2,(H,13,14). The second kappa shape index (κ2) is 4.63. The van der Waals surface area contributed by atoms with Crippen LogP contribution in [-0.2, 0) is 4.79 Å². The Hall–Kier alpha value is -1.54. The molecule has 0 amide bonds. The van der Waals surface area contributed by atoms with Gasteiger partial charge in [-0.3, -0.25) is 0 Å². The molecule has 1 aromatic carbocycles. The fraction of sp³-hybridized carbons (Fsp3) is 0. The molecule has 3 heteroatoms. The van der Waals surface area contributed by atoms with Gasteiger partial charge in [0, 0.05) is 6.08 Å². The van der Waals surface area contributed by atoms with Gasteiger partial charge in [-0.05, 0) is 11.1 Å². The molecule has 0 aliphatic heterocycles. The minimum atomic E-state index is -1.05. The van der Waals surface area contributed by atoms with Gasteiger partial charge in [0.15, 0.2) is 0 Å². The summed E-state index contributed by atoms with van der Waals surface area (Å²) in [7, 11) is 0. The average molecular weight is 209 g/mol. The summed E-state index contributed by atoms with van der Waals surface area (Å²) in [5.74, 6) is -1.05. The Labute approximate surface area is 87.1 Å². The van der Waals surface area contributed by atoms with Gasteiger partial charge in [-0.1, -0.05) is 48.5 Å². The predicted octanol–water partition coefficient (Wildman–Crippen LogP) is 2.99. The third kappa shape index (κ3) is 2.75. The maximum Gasteiger partial charge on any atom is 0.329 e. The molecule has 0 atom stereocenters. The zero-order valence-electron chi connectivity index (χ0n) is 7.40. The lowest BCUT2D eigenvalue weighted by Gasteiger charge is -1.98. The third-order valence-electron chi connectivity index (χ3n) is 1.67. The van der Waals surface area contributed by atoms with Crippen LogP contribution in [-0.4, -0.2) is 11.1 Å². The Kier molecular flexibility index (Phi) is 3.48. The van der Waals surface area contributed by atoms with E-state index >= 15 is 0 Å². The van der Waals surface area contributed by atoms with Gasteiger partial charge < -0.3 is 5.11 Å². The van der Waals surface area contributed by atoms with Gasteiger partial charge in [0.25, 0.3) is 0 Å². The number of benzene rings is 1. The van der Waals surface area contributed by atoms with Crippen LogP contribution in [0.1, 0.15) is 11.1 Å². The van der Waals surface area contributed by atoms with Crippen LogP contribution in [0.15, 0.2) is 36.9 Å². The number of hydrogen-bond donors (Lipinski definition) is 1. The zero-order chi connectivity index (χ0) is 10.6. The van der Waals surface area contributed by atoms with Crippen LogP contribution < -0.4 is 0 Å². The summed E-state index contributed by atoms with van der Waals surface area (Å²) >= 11 is 5.75. The molecule has 0 unspecified atom stereocenters. The van der Waals surface area contributed by atoms with Crippen molar-refractivity contribution in [2.24, 2.45) is 0 Å². The van der Waals surface area contributed by atoms with Crippen molar-refractivity contribution in [1.29, 1.82) is 0 Å².